The summed E-state index contributed by atoms with van der Waals surface area (Å²) in [5, 5.41) is 15.3. The molecule has 0 aromatic carbocycles. The average Bonchev–Trinajstić information content (AvgIpc) is 3.03. The number of hydrogen-bond acceptors (Lipinski definition) is 5. The summed E-state index contributed by atoms with van der Waals surface area (Å²) in [6.45, 7) is 3.79. The second-order valence-corrected chi connectivity index (χ2v) is 6.68. The van der Waals surface area contributed by atoms with Crippen LogP contribution in [-0.4, -0.2) is 22.0 Å². The van der Waals surface area contributed by atoms with Crippen molar-refractivity contribution in [2.75, 3.05) is 5.32 Å². The Bertz CT molecular complexity index is 647. The number of carboxylic acid groups (broad SMARTS) is 1. The summed E-state index contributed by atoms with van der Waals surface area (Å²) in [4.78, 5) is 28.4. The minimum atomic E-state index is -0.994. The predicted octanol–water partition coefficient (Wildman–Crippen LogP) is 3.34. The lowest BCUT2D eigenvalue weighted by Crippen LogP contribution is -2.14. The molecule has 2 heterocycles. The zero-order valence-corrected chi connectivity index (χ0v) is 13.4. The van der Waals surface area contributed by atoms with Crippen molar-refractivity contribution in [2.24, 2.45) is 0 Å². The average molecular weight is 324 g/mol. The Morgan fingerprint density at radius 1 is 1.43 bits per heavy atom. The van der Waals surface area contributed by atoms with Crippen LogP contribution in [0.15, 0.2) is 11.6 Å². The maximum atomic E-state index is 12.0. The molecule has 1 amide bonds. The summed E-state index contributed by atoms with van der Waals surface area (Å²) in [7, 11) is 0. The van der Waals surface area contributed by atoms with Crippen LogP contribution in [0.4, 0.5) is 5.00 Å². The van der Waals surface area contributed by atoms with Crippen molar-refractivity contribution in [1.29, 1.82) is 0 Å². The number of aromatic nitrogens is 1. The Balaban J connectivity index is 2.08. The van der Waals surface area contributed by atoms with Crippen LogP contribution in [0.25, 0.3) is 0 Å². The van der Waals surface area contributed by atoms with Crippen LogP contribution < -0.4 is 5.32 Å². The molecule has 7 heteroatoms. The molecule has 21 heavy (non-hydrogen) atoms. The lowest BCUT2D eigenvalue weighted by Gasteiger charge is -2.04. The molecule has 0 bridgehead atoms. The van der Waals surface area contributed by atoms with Crippen molar-refractivity contribution < 1.29 is 14.7 Å². The van der Waals surface area contributed by atoms with Crippen molar-refractivity contribution in [3.05, 3.63) is 32.6 Å². The molecule has 0 aliphatic carbocycles. The third-order valence-corrected chi connectivity index (χ3v) is 4.98. The number of amides is 1. The number of aryl methyl sites for hydroxylation is 2. The summed E-state index contributed by atoms with van der Waals surface area (Å²) in [6.07, 6.45) is 3.21. The highest BCUT2D eigenvalue weighted by Gasteiger charge is 2.21. The van der Waals surface area contributed by atoms with Gasteiger partial charge in [-0.1, -0.05) is 6.92 Å². The molecule has 0 aliphatic rings. The predicted molar refractivity (Wildman–Crippen MR) is 84.5 cm³/mol. The summed E-state index contributed by atoms with van der Waals surface area (Å²) >= 11 is 2.83. The van der Waals surface area contributed by atoms with E-state index in [1.54, 1.807) is 6.20 Å². The van der Waals surface area contributed by atoms with Crippen molar-refractivity contribution >= 4 is 39.6 Å². The maximum absolute atomic E-state index is 12.0. The molecule has 0 radical (unpaired) electrons. The second kappa shape index (κ2) is 6.82. The van der Waals surface area contributed by atoms with Gasteiger partial charge in [0, 0.05) is 29.3 Å². The zero-order chi connectivity index (χ0) is 15.4. The highest BCUT2D eigenvalue weighted by Crippen LogP contribution is 2.33. The molecule has 2 N–H and O–H groups in total. The van der Waals surface area contributed by atoms with Gasteiger partial charge >= 0.3 is 5.97 Å². The van der Waals surface area contributed by atoms with E-state index in [1.165, 1.54) is 22.7 Å². The van der Waals surface area contributed by atoms with Gasteiger partial charge in [0.25, 0.3) is 0 Å². The maximum Gasteiger partial charge on any atom is 0.339 e. The number of aromatic carboxylic acids is 1. The Hall–Kier alpha value is -1.73. The summed E-state index contributed by atoms with van der Waals surface area (Å²) in [5.74, 6) is -1.18. The molecule has 0 spiro atoms. The monoisotopic (exact) mass is 324 g/mol. The fourth-order valence-electron chi connectivity index (χ4n) is 2.10. The molecule has 2 rings (SSSR count). The third-order valence-electron chi connectivity index (χ3n) is 3.08. The van der Waals surface area contributed by atoms with Gasteiger partial charge in [0.15, 0.2) is 0 Å². The fourth-order valence-corrected chi connectivity index (χ4v) is 3.88. The minimum absolute atomic E-state index is 0.184. The quantitative estimate of drug-likeness (QED) is 0.854. The van der Waals surface area contributed by atoms with Crippen LogP contribution in [0, 0.1) is 6.92 Å². The molecular weight excluding hydrogens is 308 g/mol. The summed E-state index contributed by atoms with van der Waals surface area (Å²) < 4.78 is 0. The van der Waals surface area contributed by atoms with E-state index in [-0.39, 0.29) is 11.5 Å². The first-order chi connectivity index (χ1) is 10.0. The van der Waals surface area contributed by atoms with E-state index in [1.807, 2.05) is 19.2 Å². The Kier molecular flexibility index (Phi) is 5.08. The molecule has 0 fully saturated rings. The first-order valence-corrected chi connectivity index (χ1v) is 8.26. The summed E-state index contributed by atoms with van der Waals surface area (Å²) in [5.41, 5.74) is 1.02. The smallest absolute Gasteiger partial charge is 0.339 e. The Labute approximate surface area is 130 Å². The lowest BCUT2D eigenvalue weighted by molar-refractivity contribution is -0.116. The largest absolute Gasteiger partial charge is 0.478 e. The van der Waals surface area contributed by atoms with Gasteiger partial charge in [0.2, 0.25) is 5.91 Å². The van der Waals surface area contributed by atoms with Crippen LogP contribution in [-0.2, 0) is 17.6 Å². The van der Waals surface area contributed by atoms with E-state index in [0.717, 1.165) is 15.4 Å². The van der Waals surface area contributed by atoms with Crippen LogP contribution in [0.3, 0.4) is 0 Å². The van der Waals surface area contributed by atoms with Gasteiger partial charge in [0.1, 0.15) is 5.00 Å². The number of thiazole rings is 1. The van der Waals surface area contributed by atoms with Crippen LogP contribution in [0.1, 0.15) is 39.2 Å². The van der Waals surface area contributed by atoms with Crippen molar-refractivity contribution in [3.63, 3.8) is 0 Å². The first kappa shape index (κ1) is 15.7. The topological polar surface area (TPSA) is 79.3 Å². The van der Waals surface area contributed by atoms with Gasteiger partial charge in [0.05, 0.1) is 10.6 Å². The van der Waals surface area contributed by atoms with Gasteiger partial charge in [-0.05, 0) is 18.9 Å². The van der Waals surface area contributed by atoms with Gasteiger partial charge in [-0.15, -0.1) is 22.7 Å². The molecule has 2 aromatic heterocycles. The normalized spacial score (nSPS) is 10.6. The Morgan fingerprint density at radius 2 is 2.19 bits per heavy atom. The highest BCUT2D eigenvalue weighted by atomic mass is 32.1. The second-order valence-electron chi connectivity index (χ2n) is 4.47. The fraction of sp³-hybridized carbons (Fsp3) is 0.357. The molecule has 0 saturated carbocycles. The standard InChI is InChI=1S/C14H16N2O3S2/c1-3-9-8(2)21-13(12(9)14(18)19)16-10(17)4-5-11-15-6-7-20-11/h6-7H,3-5H2,1-2H3,(H,16,17)(H,18,19). The number of nitrogens with zero attached hydrogens (tertiary/aromatic N) is 1. The van der Waals surface area contributed by atoms with E-state index >= 15 is 0 Å². The van der Waals surface area contributed by atoms with Crippen LogP contribution in [0.5, 0.6) is 0 Å². The number of carbonyl (C=O) groups is 2. The molecule has 0 unspecified atom stereocenters. The van der Waals surface area contributed by atoms with Crippen molar-refractivity contribution in [1.82, 2.24) is 4.98 Å². The van der Waals surface area contributed by atoms with Gasteiger partial charge < -0.3 is 10.4 Å². The lowest BCUT2D eigenvalue weighted by atomic mass is 10.1. The van der Waals surface area contributed by atoms with E-state index in [9.17, 15) is 14.7 Å². The number of rotatable bonds is 6. The number of carboxylic acids is 1. The van der Waals surface area contributed by atoms with Crippen molar-refractivity contribution in [2.45, 2.75) is 33.1 Å². The molecule has 112 valence electrons. The van der Waals surface area contributed by atoms with Crippen LogP contribution in [0.2, 0.25) is 0 Å². The van der Waals surface area contributed by atoms with E-state index in [4.69, 9.17) is 0 Å². The first-order valence-electron chi connectivity index (χ1n) is 6.56. The molecular formula is C14H16N2O3S2. The number of thiophene rings is 1. The molecule has 2 aromatic rings. The molecule has 0 saturated heterocycles. The van der Waals surface area contributed by atoms with E-state index in [0.29, 0.717) is 24.3 Å². The zero-order valence-electron chi connectivity index (χ0n) is 11.8. The number of nitrogens with one attached hydrogen (secondary N) is 1. The SMILES string of the molecule is CCc1c(C)sc(NC(=O)CCc2nccs2)c1C(=O)O. The van der Waals surface area contributed by atoms with Gasteiger partial charge in [-0.3, -0.25) is 4.79 Å². The van der Waals surface area contributed by atoms with Crippen molar-refractivity contribution in [3.8, 4) is 0 Å². The Morgan fingerprint density at radius 3 is 2.76 bits per heavy atom. The highest BCUT2D eigenvalue weighted by molar-refractivity contribution is 7.16. The number of anilines is 1. The molecule has 5 nitrogen and oxygen atoms in total. The van der Waals surface area contributed by atoms with E-state index in [2.05, 4.69) is 10.3 Å². The molecule has 0 aliphatic heterocycles. The number of hydrogen-bond donors (Lipinski definition) is 2. The van der Waals surface area contributed by atoms with Crippen LogP contribution >= 0.6 is 22.7 Å². The van der Waals surface area contributed by atoms with E-state index < -0.39 is 5.97 Å². The van der Waals surface area contributed by atoms with Gasteiger partial charge in [-0.2, -0.15) is 0 Å². The summed E-state index contributed by atoms with van der Waals surface area (Å²) in [6, 6.07) is 0. The minimum Gasteiger partial charge on any atom is -0.478 e. The number of carbonyl (C=O) groups excluding carboxylic acids is 1. The third kappa shape index (κ3) is 3.68. The van der Waals surface area contributed by atoms with Gasteiger partial charge in [-0.25, -0.2) is 9.78 Å². The molecule has 0 atom stereocenters.